The Balaban J connectivity index is 2.04. The van der Waals surface area contributed by atoms with E-state index >= 15 is 0 Å². The van der Waals surface area contributed by atoms with Crippen molar-refractivity contribution in [2.75, 3.05) is 11.9 Å². The predicted molar refractivity (Wildman–Crippen MR) is 79.0 cm³/mol. The second kappa shape index (κ2) is 6.33. The summed E-state index contributed by atoms with van der Waals surface area (Å²) in [5.74, 6) is 0.400. The van der Waals surface area contributed by atoms with Gasteiger partial charge in [0, 0.05) is 29.4 Å². The molecule has 19 heavy (non-hydrogen) atoms. The smallest absolute Gasteiger partial charge is 0.251 e. The molecule has 0 radical (unpaired) electrons. The van der Waals surface area contributed by atoms with Crippen molar-refractivity contribution in [2.45, 2.75) is 13.8 Å². The zero-order valence-electron chi connectivity index (χ0n) is 11.0. The number of nitrogens with one attached hydrogen (secondary N) is 2. The molecule has 0 saturated carbocycles. The van der Waals surface area contributed by atoms with Crippen LogP contribution in [0.2, 0.25) is 0 Å². The summed E-state index contributed by atoms with van der Waals surface area (Å²) in [6.45, 7) is 4.82. The molecule has 5 heteroatoms. The fourth-order valence-corrected chi connectivity index (χ4v) is 2.09. The van der Waals surface area contributed by atoms with Gasteiger partial charge in [-0.05, 0) is 24.1 Å². The first kappa shape index (κ1) is 13.5. The Morgan fingerprint density at radius 1 is 1.42 bits per heavy atom. The minimum absolute atomic E-state index is 0.0449. The first-order chi connectivity index (χ1) is 9.15. The number of thiazole rings is 1. The van der Waals surface area contributed by atoms with Gasteiger partial charge in [-0.3, -0.25) is 4.79 Å². The topological polar surface area (TPSA) is 54.0 Å². The summed E-state index contributed by atoms with van der Waals surface area (Å²) in [5.41, 5.74) is 1.52. The van der Waals surface area contributed by atoms with Crippen LogP contribution in [0.3, 0.4) is 0 Å². The fourth-order valence-electron chi connectivity index (χ4n) is 1.55. The highest BCUT2D eigenvalue weighted by atomic mass is 32.1. The molecule has 4 nitrogen and oxygen atoms in total. The van der Waals surface area contributed by atoms with Crippen LogP contribution >= 0.6 is 11.3 Å². The van der Waals surface area contributed by atoms with Crippen LogP contribution in [0.4, 0.5) is 10.8 Å². The molecule has 100 valence electrons. The first-order valence-corrected chi connectivity index (χ1v) is 7.08. The van der Waals surface area contributed by atoms with Crippen LogP contribution in [0.1, 0.15) is 24.2 Å². The van der Waals surface area contributed by atoms with Gasteiger partial charge in [0.15, 0.2) is 5.13 Å². The Bertz CT molecular complexity index is 537. The number of anilines is 2. The third-order valence-electron chi connectivity index (χ3n) is 2.48. The van der Waals surface area contributed by atoms with E-state index in [1.54, 1.807) is 6.20 Å². The number of nitrogens with zero attached hydrogens (tertiary/aromatic N) is 1. The van der Waals surface area contributed by atoms with Crippen molar-refractivity contribution in [3.8, 4) is 0 Å². The van der Waals surface area contributed by atoms with E-state index in [1.807, 2.05) is 29.6 Å². The number of hydrogen-bond acceptors (Lipinski definition) is 4. The van der Waals surface area contributed by atoms with Gasteiger partial charge in [-0.15, -0.1) is 11.3 Å². The SMILES string of the molecule is CC(C)CNC(=O)c1cccc(Nc2nccs2)c1. The number of aromatic nitrogens is 1. The molecule has 2 aromatic rings. The Labute approximate surface area is 116 Å². The Morgan fingerprint density at radius 3 is 2.95 bits per heavy atom. The first-order valence-electron chi connectivity index (χ1n) is 6.20. The molecule has 0 saturated heterocycles. The molecule has 0 aliphatic rings. The van der Waals surface area contributed by atoms with E-state index in [4.69, 9.17) is 0 Å². The summed E-state index contributed by atoms with van der Waals surface area (Å²) in [5, 5.41) is 8.80. The molecule has 0 unspecified atom stereocenters. The molecule has 0 aliphatic carbocycles. The zero-order valence-corrected chi connectivity index (χ0v) is 11.8. The van der Waals surface area contributed by atoms with Gasteiger partial charge < -0.3 is 10.6 Å². The van der Waals surface area contributed by atoms with Crippen LogP contribution in [-0.4, -0.2) is 17.4 Å². The van der Waals surface area contributed by atoms with Gasteiger partial charge in [-0.2, -0.15) is 0 Å². The largest absolute Gasteiger partial charge is 0.352 e. The lowest BCUT2D eigenvalue weighted by molar-refractivity contribution is 0.0949. The van der Waals surface area contributed by atoms with Gasteiger partial charge in [0.25, 0.3) is 5.91 Å². The van der Waals surface area contributed by atoms with Crippen molar-refractivity contribution in [1.29, 1.82) is 0 Å². The normalized spacial score (nSPS) is 10.5. The van der Waals surface area contributed by atoms with E-state index in [-0.39, 0.29) is 5.91 Å². The molecule has 2 rings (SSSR count). The van der Waals surface area contributed by atoms with E-state index in [9.17, 15) is 4.79 Å². The quantitative estimate of drug-likeness (QED) is 0.880. The van der Waals surface area contributed by atoms with Gasteiger partial charge in [0.05, 0.1) is 0 Å². The lowest BCUT2D eigenvalue weighted by Crippen LogP contribution is -2.27. The minimum atomic E-state index is -0.0449. The van der Waals surface area contributed by atoms with Crippen molar-refractivity contribution in [3.05, 3.63) is 41.4 Å². The summed E-state index contributed by atoms with van der Waals surface area (Å²) in [4.78, 5) is 16.1. The van der Waals surface area contributed by atoms with E-state index in [2.05, 4.69) is 29.5 Å². The summed E-state index contributed by atoms with van der Waals surface area (Å²) in [7, 11) is 0. The molecular weight excluding hydrogens is 258 g/mol. The van der Waals surface area contributed by atoms with E-state index in [0.717, 1.165) is 10.8 Å². The van der Waals surface area contributed by atoms with Crippen molar-refractivity contribution >= 4 is 28.1 Å². The summed E-state index contributed by atoms with van der Waals surface area (Å²) in [6, 6.07) is 7.42. The number of carbonyl (C=O) groups excluding carboxylic acids is 1. The second-order valence-electron chi connectivity index (χ2n) is 4.65. The van der Waals surface area contributed by atoms with Crippen molar-refractivity contribution < 1.29 is 4.79 Å². The third kappa shape index (κ3) is 4.06. The van der Waals surface area contributed by atoms with Crippen molar-refractivity contribution in [3.63, 3.8) is 0 Å². The molecule has 1 heterocycles. The van der Waals surface area contributed by atoms with Crippen LogP contribution in [0.25, 0.3) is 0 Å². The number of amides is 1. The molecule has 0 fully saturated rings. The molecular formula is C14H17N3OS. The monoisotopic (exact) mass is 275 g/mol. The third-order valence-corrected chi connectivity index (χ3v) is 3.17. The summed E-state index contributed by atoms with van der Waals surface area (Å²) < 4.78 is 0. The van der Waals surface area contributed by atoms with E-state index < -0.39 is 0 Å². The summed E-state index contributed by atoms with van der Waals surface area (Å²) >= 11 is 1.52. The molecule has 0 aliphatic heterocycles. The number of carbonyl (C=O) groups is 1. The number of rotatable bonds is 5. The minimum Gasteiger partial charge on any atom is -0.352 e. The average Bonchev–Trinajstić information content (AvgIpc) is 2.89. The van der Waals surface area contributed by atoms with E-state index in [0.29, 0.717) is 18.0 Å². The van der Waals surface area contributed by atoms with Gasteiger partial charge in [-0.25, -0.2) is 4.98 Å². The van der Waals surface area contributed by atoms with Crippen molar-refractivity contribution in [1.82, 2.24) is 10.3 Å². The maximum Gasteiger partial charge on any atom is 0.251 e. The second-order valence-corrected chi connectivity index (χ2v) is 5.54. The van der Waals surface area contributed by atoms with Crippen LogP contribution in [0.15, 0.2) is 35.8 Å². The highest BCUT2D eigenvalue weighted by Gasteiger charge is 2.07. The summed E-state index contributed by atoms with van der Waals surface area (Å²) in [6.07, 6.45) is 1.74. The molecule has 1 amide bonds. The molecule has 1 aromatic carbocycles. The van der Waals surface area contributed by atoms with Crippen LogP contribution in [-0.2, 0) is 0 Å². The highest BCUT2D eigenvalue weighted by Crippen LogP contribution is 2.19. The Morgan fingerprint density at radius 2 is 2.26 bits per heavy atom. The van der Waals surface area contributed by atoms with Crippen LogP contribution in [0.5, 0.6) is 0 Å². The van der Waals surface area contributed by atoms with E-state index in [1.165, 1.54) is 11.3 Å². The lowest BCUT2D eigenvalue weighted by atomic mass is 10.1. The zero-order chi connectivity index (χ0) is 13.7. The molecule has 0 bridgehead atoms. The highest BCUT2D eigenvalue weighted by molar-refractivity contribution is 7.13. The maximum atomic E-state index is 12.0. The molecule has 0 spiro atoms. The predicted octanol–water partition coefficient (Wildman–Crippen LogP) is 3.27. The standard InChI is InChI=1S/C14H17N3OS/c1-10(2)9-16-13(18)11-4-3-5-12(8-11)17-14-15-6-7-19-14/h3-8,10H,9H2,1-2H3,(H,15,17)(H,16,18). The molecule has 0 atom stereocenters. The lowest BCUT2D eigenvalue weighted by Gasteiger charge is -2.09. The fraction of sp³-hybridized carbons (Fsp3) is 0.286. The van der Waals surface area contributed by atoms with Gasteiger partial charge in [0.1, 0.15) is 0 Å². The maximum absolute atomic E-state index is 12.0. The molecule has 2 N–H and O–H groups in total. The Kier molecular flexibility index (Phi) is 4.52. The Hall–Kier alpha value is -1.88. The molecule has 1 aromatic heterocycles. The van der Waals surface area contributed by atoms with Gasteiger partial charge in [-0.1, -0.05) is 19.9 Å². The average molecular weight is 275 g/mol. The van der Waals surface area contributed by atoms with Crippen LogP contribution < -0.4 is 10.6 Å². The van der Waals surface area contributed by atoms with Gasteiger partial charge >= 0.3 is 0 Å². The van der Waals surface area contributed by atoms with Crippen molar-refractivity contribution in [2.24, 2.45) is 5.92 Å². The number of hydrogen-bond donors (Lipinski definition) is 2. The number of benzene rings is 1. The van der Waals surface area contributed by atoms with Crippen LogP contribution in [0, 0.1) is 5.92 Å². The van der Waals surface area contributed by atoms with Gasteiger partial charge in [0.2, 0.25) is 0 Å².